The fourth-order valence-corrected chi connectivity index (χ4v) is 0.575. The lowest BCUT2D eigenvalue weighted by molar-refractivity contribution is 0.388. The maximum Gasteiger partial charge on any atom is 0.114 e. The van der Waals surface area contributed by atoms with Gasteiger partial charge in [0.05, 0.1) is 6.54 Å². The third-order valence-corrected chi connectivity index (χ3v) is 1.18. The number of allylic oxidation sites excluding steroid dienone is 2. The van der Waals surface area contributed by atoms with Gasteiger partial charge in [-0.25, -0.2) is 0 Å². The molecular weight excluding hydrogens is 102 g/mol. The molecule has 1 rings (SSSR count). The Labute approximate surface area is 48.5 Å². The van der Waals surface area contributed by atoms with Crippen LogP contribution in [-0.2, 0) is 0 Å². The van der Waals surface area contributed by atoms with E-state index in [1.807, 2.05) is 19.2 Å². The highest BCUT2D eigenvalue weighted by molar-refractivity contribution is 5.23. The van der Waals surface area contributed by atoms with Gasteiger partial charge in [-0.15, -0.1) is 0 Å². The summed E-state index contributed by atoms with van der Waals surface area (Å²) in [5.74, 6) is 0.438. The van der Waals surface area contributed by atoms with Crippen molar-refractivity contribution >= 4 is 0 Å². The van der Waals surface area contributed by atoms with Crippen molar-refractivity contribution in [1.82, 2.24) is 5.32 Å². The number of nitrogens with one attached hydrogen (secondary N) is 1. The van der Waals surface area contributed by atoms with Gasteiger partial charge in [-0.2, -0.15) is 0 Å². The zero-order valence-corrected chi connectivity index (χ0v) is 4.81. The van der Waals surface area contributed by atoms with Gasteiger partial charge in [-0.3, -0.25) is 0 Å². The number of aliphatic hydroxyl groups excluding tert-OH is 1. The van der Waals surface area contributed by atoms with E-state index in [-0.39, 0.29) is 0 Å². The Morgan fingerprint density at radius 2 is 2.50 bits per heavy atom. The molecule has 1 aliphatic rings. The Bertz CT molecular complexity index is 147. The Balaban J connectivity index is 2.76. The van der Waals surface area contributed by atoms with Crippen LogP contribution in [0, 0.1) is 0 Å². The molecular formula is C6H9NO. The van der Waals surface area contributed by atoms with E-state index in [0.29, 0.717) is 12.3 Å². The predicted molar refractivity (Wildman–Crippen MR) is 32.5 cm³/mol. The third-order valence-electron chi connectivity index (χ3n) is 1.18. The molecule has 0 aromatic heterocycles. The van der Waals surface area contributed by atoms with E-state index in [1.165, 1.54) is 0 Å². The fourth-order valence-electron chi connectivity index (χ4n) is 0.575. The molecule has 0 radical (unpaired) electrons. The summed E-state index contributed by atoms with van der Waals surface area (Å²) in [5.41, 5.74) is 0.948. The van der Waals surface area contributed by atoms with Crippen LogP contribution in [0.25, 0.3) is 0 Å². The lowest BCUT2D eigenvalue weighted by atomic mass is 10.2. The highest BCUT2D eigenvalue weighted by Crippen LogP contribution is 2.03. The second-order valence-corrected chi connectivity index (χ2v) is 1.84. The van der Waals surface area contributed by atoms with E-state index in [2.05, 4.69) is 5.32 Å². The normalized spacial score (nSPS) is 18.6. The number of hydrogen-bond donors (Lipinski definition) is 2. The first-order valence-corrected chi connectivity index (χ1v) is 2.59. The largest absolute Gasteiger partial charge is 0.510 e. The van der Waals surface area contributed by atoms with Crippen LogP contribution in [0.5, 0.6) is 0 Å². The van der Waals surface area contributed by atoms with Crippen molar-refractivity contribution in [1.29, 1.82) is 0 Å². The fraction of sp³-hybridized carbons (Fsp3) is 0.333. The quantitative estimate of drug-likeness (QED) is 0.487. The molecule has 0 aliphatic carbocycles. The highest BCUT2D eigenvalue weighted by Gasteiger charge is 1.98. The zero-order chi connectivity index (χ0) is 5.98. The van der Waals surface area contributed by atoms with Crippen LogP contribution >= 0.6 is 0 Å². The van der Waals surface area contributed by atoms with E-state index in [0.717, 1.165) is 5.57 Å². The average molecular weight is 111 g/mol. The third kappa shape index (κ3) is 0.832. The molecule has 8 heavy (non-hydrogen) atoms. The van der Waals surface area contributed by atoms with Crippen molar-refractivity contribution in [2.45, 2.75) is 6.92 Å². The Morgan fingerprint density at radius 3 is 2.88 bits per heavy atom. The summed E-state index contributed by atoms with van der Waals surface area (Å²) in [6.45, 7) is 2.45. The maximum absolute atomic E-state index is 8.94. The molecule has 0 saturated carbocycles. The molecule has 1 aliphatic heterocycles. The van der Waals surface area contributed by atoms with Crippen molar-refractivity contribution in [2.75, 3.05) is 6.54 Å². The van der Waals surface area contributed by atoms with Crippen molar-refractivity contribution in [3.8, 4) is 0 Å². The van der Waals surface area contributed by atoms with Crippen molar-refractivity contribution in [3.05, 3.63) is 23.6 Å². The van der Waals surface area contributed by atoms with Gasteiger partial charge < -0.3 is 10.4 Å². The zero-order valence-electron chi connectivity index (χ0n) is 4.81. The van der Waals surface area contributed by atoms with E-state index >= 15 is 0 Å². The highest BCUT2D eigenvalue weighted by atomic mass is 16.3. The van der Waals surface area contributed by atoms with E-state index in [9.17, 15) is 0 Å². The molecule has 2 nitrogen and oxygen atoms in total. The van der Waals surface area contributed by atoms with Gasteiger partial charge in [0.2, 0.25) is 0 Å². The van der Waals surface area contributed by atoms with Gasteiger partial charge in [0.25, 0.3) is 0 Å². The van der Waals surface area contributed by atoms with Crippen LogP contribution in [0.4, 0.5) is 0 Å². The van der Waals surface area contributed by atoms with Gasteiger partial charge in [0.1, 0.15) is 5.76 Å². The summed E-state index contributed by atoms with van der Waals surface area (Å²) in [6.07, 6.45) is 3.67. The van der Waals surface area contributed by atoms with Crippen LogP contribution in [0.1, 0.15) is 6.92 Å². The molecule has 0 amide bonds. The summed E-state index contributed by atoms with van der Waals surface area (Å²) in [5, 5.41) is 11.8. The molecule has 0 fully saturated rings. The minimum atomic E-state index is 0.438. The second-order valence-electron chi connectivity index (χ2n) is 1.84. The Hall–Kier alpha value is -0.920. The monoisotopic (exact) mass is 111 g/mol. The van der Waals surface area contributed by atoms with Crippen LogP contribution in [0.2, 0.25) is 0 Å². The van der Waals surface area contributed by atoms with E-state index < -0.39 is 0 Å². The average Bonchev–Trinajstić information content (AvgIpc) is 1.77. The summed E-state index contributed by atoms with van der Waals surface area (Å²) < 4.78 is 0. The van der Waals surface area contributed by atoms with Crippen LogP contribution in [0.15, 0.2) is 23.6 Å². The molecule has 0 unspecified atom stereocenters. The number of dihydropyridines is 1. The standard InChI is InChI=1S/C6H9NO/c1-5-2-3-7-4-6(5)8/h2-3,7-8H,4H2,1H3. The van der Waals surface area contributed by atoms with Gasteiger partial charge in [0.15, 0.2) is 0 Å². The topological polar surface area (TPSA) is 32.3 Å². The molecule has 2 heteroatoms. The Morgan fingerprint density at radius 1 is 1.75 bits per heavy atom. The first-order chi connectivity index (χ1) is 3.80. The van der Waals surface area contributed by atoms with Crippen molar-refractivity contribution in [3.63, 3.8) is 0 Å². The lowest BCUT2D eigenvalue weighted by Crippen LogP contribution is -2.13. The molecule has 0 spiro atoms. The summed E-state index contributed by atoms with van der Waals surface area (Å²) in [6, 6.07) is 0. The van der Waals surface area contributed by atoms with Gasteiger partial charge in [-0.1, -0.05) is 0 Å². The van der Waals surface area contributed by atoms with Gasteiger partial charge in [0, 0.05) is 0 Å². The predicted octanol–water partition coefficient (Wildman–Crippen LogP) is 0.935. The molecule has 0 aromatic rings. The maximum atomic E-state index is 8.94. The molecule has 0 saturated heterocycles. The minimum Gasteiger partial charge on any atom is -0.510 e. The SMILES string of the molecule is CC1=C(O)CNC=C1. The number of aliphatic hydroxyl groups is 1. The molecule has 0 atom stereocenters. The summed E-state index contributed by atoms with van der Waals surface area (Å²) >= 11 is 0. The first kappa shape index (κ1) is 5.22. The second kappa shape index (κ2) is 1.90. The molecule has 44 valence electrons. The summed E-state index contributed by atoms with van der Waals surface area (Å²) in [7, 11) is 0. The minimum absolute atomic E-state index is 0.438. The van der Waals surface area contributed by atoms with E-state index in [4.69, 9.17) is 5.11 Å². The first-order valence-electron chi connectivity index (χ1n) is 2.59. The Kier molecular flexibility index (Phi) is 1.24. The van der Waals surface area contributed by atoms with Crippen LogP contribution in [-0.4, -0.2) is 11.7 Å². The lowest BCUT2D eigenvalue weighted by Gasteiger charge is -2.07. The van der Waals surface area contributed by atoms with Gasteiger partial charge >= 0.3 is 0 Å². The number of hydrogen-bond acceptors (Lipinski definition) is 2. The van der Waals surface area contributed by atoms with Crippen LogP contribution in [0.3, 0.4) is 0 Å². The molecule has 2 N–H and O–H groups in total. The van der Waals surface area contributed by atoms with E-state index in [1.54, 1.807) is 0 Å². The summed E-state index contributed by atoms with van der Waals surface area (Å²) in [4.78, 5) is 0. The molecule has 0 bridgehead atoms. The van der Waals surface area contributed by atoms with Gasteiger partial charge in [-0.05, 0) is 24.8 Å². The molecule has 1 heterocycles. The van der Waals surface area contributed by atoms with Crippen molar-refractivity contribution < 1.29 is 5.11 Å². The van der Waals surface area contributed by atoms with Crippen molar-refractivity contribution in [2.24, 2.45) is 0 Å². The smallest absolute Gasteiger partial charge is 0.114 e. The molecule has 0 aromatic carbocycles. The van der Waals surface area contributed by atoms with Crippen LogP contribution < -0.4 is 5.32 Å². The number of rotatable bonds is 0.